The number of rotatable bonds is 13. The highest BCUT2D eigenvalue weighted by Crippen LogP contribution is 2.32. The van der Waals surface area contributed by atoms with Gasteiger partial charge in [-0.05, 0) is 43.0 Å². The molecule has 0 spiro atoms. The first-order valence-electron chi connectivity index (χ1n) is 11.6. The zero-order valence-electron chi connectivity index (χ0n) is 19.4. The molecule has 0 radical (unpaired) electrons. The van der Waals surface area contributed by atoms with Crippen molar-refractivity contribution in [2.24, 2.45) is 11.5 Å². The number of benzene rings is 2. The lowest BCUT2D eigenvalue weighted by atomic mass is 10.0. The van der Waals surface area contributed by atoms with Gasteiger partial charge in [-0.2, -0.15) is 0 Å². The first kappa shape index (κ1) is 25.6. The molecule has 1 unspecified atom stereocenters. The first-order chi connectivity index (χ1) is 16.3. The Bertz CT molecular complexity index is 1080. The van der Waals surface area contributed by atoms with Crippen LogP contribution < -0.4 is 16.2 Å². The lowest BCUT2D eigenvalue weighted by Crippen LogP contribution is -2.39. The van der Waals surface area contributed by atoms with Gasteiger partial charge in [0.15, 0.2) is 0 Å². The van der Waals surface area contributed by atoms with E-state index in [0.29, 0.717) is 11.3 Å². The van der Waals surface area contributed by atoms with Gasteiger partial charge >= 0.3 is 5.97 Å². The SMILES string of the molecule is CCc1ccccc1-c1cc2ccc(OCCCC(F)(F)CCCOC(=O)C(N)CN)cc2o1. The number of esters is 1. The van der Waals surface area contributed by atoms with E-state index in [1.165, 1.54) is 5.56 Å². The van der Waals surface area contributed by atoms with Crippen molar-refractivity contribution in [3.63, 3.8) is 0 Å². The van der Waals surface area contributed by atoms with Gasteiger partial charge in [0.1, 0.15) is 23.1 Å². The van der Waals surface area contributed by atoms with E-state index in [1.54, 1.807) is 6.07 Å². The molecule has 1 atom stereocenters. The van der Waals surface area contributed by atoms with E-state index >= 15 is 0 Å². The third kappa shape index (κ3) is 7.01. The molecule has 0 aliphatic heterocycles. The quantitative estimate of drug-likeness (QED) is 0.265. The van der Waals surface area contributed by atoms with Crippen LogP contribution in [0.15, 0.2) is 52.9 Å². The molecule has 0 aliphatic carbocycles. The highest BCUT2D eigenvalue weighted by Gasteiger charge is 2.28. The Labute approximate surface area is 198 Å². The molecular weight excluding hydrogens is 442 g/mol. The predicted molar refractivity (Wildman–Crippen MR) is 128 cm³/mol. The minimum Gasteiger partial charge on any atom is -0.493 e. The number of carbonyl (C=O) groups is 1. The highest BCUT2D eigenvalue weighted by atomic mass is 19.3. The number of alkyl halides is 2. The molecule has 8 heteroatoms. The summed E-state index contributed by atoms with van der Waals surface area (Å²) >= 11 is 0. The lowest BCUT2D eigenvalue weighted by molar-refractivity contribution is -0.145. The monoisotopic (exact) mass is 474 g/mol. The lowest BCUT2D eigenvalue weighted by Gasteiger charge is -2.16. The van der Waals surface area contributed by atoms with Crippen molar-refractivity contribution in [2.75, 3.05) is 19.8 Å². The van der Waals surface area contributed by atoms with Crippen molar-refractivity contribution in [2.45, 2.75) is 51.0 Å². The molecule has 4 N–H and O–H groups in total. The van der Waals surface area contributed by atoms with Gasteiger partial charge in [-0.3, -0.25) is 4.79 Å². The number of hydrogen-bond acceptors (Lipinski definition) is 6. The summed E-state index contributed by atoms with van der Waals surface area (Å²) in [5.41, 5.74) is 13.6. The van der Waals surface area contributed by atoms with Crippen LogP contribution in [0.25, 0.3) is 22.3 Å². The zero-order valence-corrected chi connectivity index (χ0v) is 19.4. The van der Waals surface area contributed by atoms with Crippen LogP contribution in [-0.4, -0.2) is 37.7 Å². The van der Waals surface area contributed by atoms with Crippen molar-refractivity contribution >= 4 is 16.9 Å². The topological polar surface area (TPSA) is 101 Å². The second-order valence-corrected chi connectivity index (χ2v) is 8.24. The Morgan fingerprint density at radius 3 is 2.56 bits per heavy atom. The Morgan fingerprint density at radius 1 is 1.09 bits per heavy atom. The second-order valence-electron chi connectivity index (χ2n) is 8.24. The van der Waals surface area contributed by atoms with Crippen molar-refractivity contribution < 1.29 is 27.5 Å². The Hall–Kier alpha value is -2.97. The van der Waals surface area contributed by atoms with Gasteiger partial charge in [-0.25, -0.2) is 8.78 Å². The third-order valence-electron chi connectivity index (χ3n) is 5.60. The van der Waals surface area contributed by atoms with E-state index in [4.69, 9.17) is 25.4 Å². The molecule has 2 aromatic carbocycles. The average molecular weight is 475 g/mol. The van der Waals surface area contributed by atoms with Crippen molar-refractivity contribution in [1.82, 2.24) is 0 Å². The van der Waals surface area contributed by atoms with E-state index in [0.717, 1.165) is 23.1 Å². The fourth-order valence-corrected chi connectivity index (χ4v) is 3.66. The normalized spacial score (nSPS) is 12.6. The maximum atomic E-state index is 14.1. The zero-order chi connectivity index (χ0) is 24.6. The largest absolute Gasteiger partial charge is 0.493 e. The number of hydrogen-bond donors (Lipinski definition) is 2. The van der Waals surface area contributed by atoms with E-state index in [9.17, 15) is 13.6 Å². The van der Waals surface area contributed by atoms with Gasteiger partial charge in [0.2, 0.25) is 5.92 Å². The van der Waals surface area contributed by atoms with Crippen molar-refractivity contribution in [3.8, 4) is 17.1 Å². The molecule has 1 heterocycles. The van der Waals surface area contributed by atoms with Gasteiger partial charge < -0.3 is 25.4 Å². The minimum absolute atomic E-state index is 0.0458. The summed E-state index contributed by atoms with van der Waals surface area (Å²) in [5, 5.41) is 0.952. The summed E-state index contributed by atoms with van der Waals surface area (Å²) < 4.78 is 44.7. The molecule has 0 amide bonds. The van der Waals surface area contributed by atoms with Crippen LogP contribution in [-0.2, 0) is 16.0 Å². The van der Waals surface area contributed by atoms with Crippen molar-refractivity contribution in [3.05, 3.63) is 54.1 Å². The first-order valence-corrected chi connectivity index (χ1v) is 11.6. The maximum Gasteiger partial charge on any atom is 0.324 e. The number of carbonyl (C=O) groups excluding carboxylic acids is 1. The van der Waals surface area contributed by atoms with Crippen LogP contribution in [0.4, 0.5) is 8.78 Å². The summed E-state index contributed by atoms with van der Waals surface area (Å²) in [7, 11) is 0. The highest BCUT2D eigenvalue weighted by molar-refractivity contribution is 5.84. The third-order valence-corrected chi connectivity index (χ3v) is 5.60. The molecule has 0 saturated carbocycles. The standard InChI is InChI=1S/C26H32F2N2O4/c1-2-18-7-3-4-8-21(18)24-15-19-9-10-20(16-23(19)34-24)32-13-5-11-26(27,28)12-6-14-33-25(31)22(30)17-29/h3-4,7-10,15-16,22H,2,5-6,11-14,17,29-30H2,1H3. The van der Waals surface area contributed by atoms with Gasteiger partial charge in [-0.1, -0.05) is 31.2 Å². The van der Waals surface area contributed by atoms with Crippen LogP contribution in [0, 0.1) is 0 Å². The van der Waals surface area contributed by atoms with Crippen LogP contribution in [0.3, 0.4) is 0 Å². The Morgan fingerprint density at radius 2 is 1.82 bits per heavy atom. The molecular formula is C26H32F2N2O4. The number of ether oxygens (including phenoxy) is 2. The molecule has 184 valence electrons. The Balaban J connectivity index is 1.46. The molecule has 0 fully saturated rings. The molecule has 34 heavy (non-hydrogen) atoms. The number of fused-ring (bicyclic) bond motifs is 1. The van der Waals surface area contributed by atoms with E-state index in [1.807, 2.05) is 36.4 Å². The molecule has 0 bridgehead atoms. The van der Waals surface area contributed by atoms with Gasteiger partial charge in [-0.15, -0.1) is 0 Å². The second kappa shape index (κ2) is 11.9. The number of furan rings is 1. The number of nitrogens with two attached hydrogens (primary N) is 2. The number of aryl methyl sites for hydroxylation is 1. The predicted octanol–water partition coefficient (Wildman–Crippen LogP) is 5.07. The average Bonchev–Trinajstić information content (AvgIpc) is 3.27. The van der Waals surface area contributed by atoms with Crippen LogP contribution in [0.2, 0.25) is 0 Å². The molecule has 0 aliphatic rings. The van der Waals surface area contributed by atoms with Gasteiger partial charge in [0, 0.05) is 36.4 Å². The minimum atomic E-state index is -2.86. The van der Waals surface area contributed by atoms with Crippen LogP contribution in [0.5, 0.6) is 5.75 Å². The molecule has 3 aromatic rings. The summed E-state index contributed by atoms with van der Waals surface area (Å²) in [5.74, 6) is -2.17. The van der Waals surface area contributed by atoms with E-state index in [-0.39, 0.29) is 45.4 Å². The summed E-state index contributed by atoms with van der Waals surface area (Å²) in [4.78, 5) is 11.4. The van der Waals surface area contributed by atoms with E-state index < -0.39 is 17.9 Å². The summed E-state index contributed by atoms with van der Waals surface area (Å²) in [6.07, 6.45) is 0.453. The maximum absolute atomic E-state index is 14.1. The summed E-state index contributed by atoms with van der Waals surface area (Å²) in [6, 6.07) is 14.7. The molecule has 0 saturated heterocycles. The molecule has 6 nitrogen and oxygen atoms in total. The fourth-order valence-electron chi connectivity index (χ4n) is 3.66. The molecule has 1 aromatic heterocycles. The van der Waals surface area contributed by atoms with E-state index in [2.05, 4.69) is 13.0 Å². The van der Waals surface area contributed by atoms with Crippen molar-refractivity contribution in [1.29, 1.82) is 0 Å². The van der Waals surface area contributed by atoms with Crippen LogP contribution in [0.1, 0.15) is 38.2 Å². The number of halogens is 2. The fraction of sp³-hybridized carbons (Fsp3) is 0.423. The molecule has 3 rings (SSSR count). The van der Waals surface area contributed by atoms with Crippen LogP contribution >= 0.6 is 0 Å². The van der Waals surface area contributed by atoms with Gasteiger partial charge in [0.05, 0.1) is 13.2 Å². The van der Waals surface area contributed by atoms with Gasteiger partial charge in [0.25, 0.3) is 0 Å². The Kier molecular flexibility index (Phi) is 9.01. The summed E-state index contributed by atoms with van der Waals surface area (Å²) in [6.45, 7) is 2.11. The smallest absolute Gasteiger partial charge is 0.324 e.